The van der Waals surface area contributed by atoms with Gasteiger partial charge in [-0.05, 0) is 41.5 Å². The summed E-state index contributed by atoms with van der Waals surface area (Å²) in [5.41, 5.74) is 3.52. The van der Waals surface area contributed by atoms with Crippen LogP contribution < -0.4 is 14.8 Å². The highest BCUT2D eigenvalue weighted by Gasteiger charge is 2.22. The Morgan fingerprint density at radius 2 is 1.66 bits per heavy atom. The molecule has 1 amide bonds. The summed E-state index contributed by atoms with van der Waals surface area (Å²) in [6.07, 6.45) is 0. The lowest BCUT2D eigenvalue weighted by molar-refractivity contribution is -0.384. The number of anilines is 1. The predicted octanol–water partition coefficient (Wildman–Crippen LogP) is 6.17. The molecule has 0 saturated heterocycles. The third-order valence-electron chi connectivity index (χ3n) is 6.46. The average Bonchev–Trinajstić information content (AvgIpc) is 3.63. The molecule has 1 aliphatic heterocycles. The van der Waals surface area contributed by atoms with Crippen molar-refractivity contribution in [2.75, 3.05) is 12.1 Å². The van der Waals surface area contributed by atoms with Gasteiger partial charge in [0.1, 0.15) is 0 Å². The third kappa shape index (κ3) is 5.75. The lowest BCUT2D eigenvalue weighted by Gasteiger charge is -2.11. The van der Waals surface area contributed by atoms with Crippen LogP contribution in [0.2, 0.25) is 0 Å². The van der Waals surface area contributed by atoms with E-state index in [4.69, 9.17) is 9.47 Å². The van der Waals surface area contributed by atoms with E-state index in [-0.39, 0.29) is 18.4 Å². The fourth-order valence-corrected chi connectivity index (χ4v) is 5.30. The van der Waals surface area contributed by atoms with Crippen molar-refractivity contribution in [1.29, 1.82) is 0 Å². The number of thioether (sulfide) groups is 1. The van der Waals surface area contributed by atoms with E-state index in [0.717, 1.165) is 11.1 Å². The van der Waals surface area contributed by atoms with Gasteiger partial charge in [0.15, 0.2) is 22.5 Å². The quantitative estimate of drug-likeness (QED) is 0.128. The lowest BCUT2D eigenvalue weighted by Crippen LogP contribution is -2.11. The van der Waals surface area contributed by atoms with E-state index in [1.54, 1.807) is 48.5 Å². The van der Waals surface area contributed by atoms with Crippen LogP contribution in [-0.2, 0) is 12.3 Å². The topological polar surface area (TPSA) is 121 Å². The molecule has 6 rings (SSSR count). The highest BCUT2D eigenvalue weighted by atomic mass is 32.2. The smallest absolute Gasteiger partial charge is 0.280 e. The number of aromatic nitrogens is 3. The van der Waals surface area contributed by atoms with Gasteiger partial charge in [-0.1, -0.05) is 66.4 Å². The molecule has 0 fully saturated rings. The normalized spacial score (nSPS) is 11.8. The van der Waals surface area contributed by atoms with Crippen molar-refractivity contribution in [3.8, 4) is 22.9 Å². The van der Waals surface area contributed by atoms with Crippen molar-refractivity contribution in [2.24, 2.45) is 0 Å². The van der Waals surface area contributed by atoms with Crippen LogP contribution in [-0.4, -0.2) is 32.4 Å². The van der Waals surface area contributed by atoms with E-state index < -0.39 is 4.92 Å². The van der Waals surface area contributed by atoms with Crippen LogP contribution in [0.3, 0.4) is 0 Å². The molecule has 0 bridgehead atoms. The Bertz CT molecular complexity index is 1720. The van der Waals surface area contributed by atoms with Crippen LogP contribution in [0.15, 0.2) is 102 Å². The Morgan fingerprint density at radius 1 is 0.902 bits per heavy atom. The van der Waals surface area contributed by atoms with Crippen molar-refractivity contribution >= 4 is 29.0 Å². The number of fused-ring (bicyclic) bond motifs is 1. The van der Waals surface area contributed by atoms with Gasteiger partial charge in [-0.3, -0.25) is 19.5 Å². The first-order valence-corrected chi connectivity index (χ1v) is 13.7. The molecule has 0 radical (unpaired) electrons. The number of nitro benzene ring substituents is 1. The minimum absolute atomic E-state index is 0.0274. The Morgan fingerprint density at radius 3 is 2.46 bits per heavy atom. The van der Waals surface area contributed by atoms with Crippen LogP contribution >= 0.6 is 11.8 Å². The number of nitrogens with zero attached hydrogens (tertiary/aromatic N) is 4. The second kappa shape index (κ2) is 11.5. The summed E-state index contributed by atoms with van der Waals surface area (Å²) in [6.45, 7) is 0.624. The van der Waals surface area contributed by atoms with E-state index in [1.165, 1.54) is 17.8 Å². The molecule has 11 heteroatoms. The molecule has 1 N–H and O–H groups in total. The molecule has 0 spiro atoms. The van der Waals surface area contributed by atoms with E-state index in [0.29, 0.717) is 51.6 Å². The SMILES string of the molecule is O=C(Nc1ccc2c(c1)OCO2)c1ccc(CSc2nnc(-c3ccccc3[N+](=O)[O-])n2Cc2ccccc2)cc1. The fourth-order valence-electron chi connectivity index (χ4n) is 4.40. The van der Waals surface area contributed by atoms with Gasteiger partial charge in [-0.15, -0.1) is 10.2 Å². The number of hydrogen-bond donors (Lipinski definition) is 1. The fraction of sp³-hybridized carbons (Fsp3) is 0.100. The largest absolute Gasteiger partial charge is 0.454 e. The van der Waals surface area contributed by atoms with Gasteiger partial charge in [0.05, 0.1) is 17.0 Å². The summed E-state index contributed by atoms with van der Waals surface area (Å²) >= 11 is 1.47. The lowest BCUT2D eigenvalue weighted by atomic mass is 10.1. The second-order valence-corrected chi connectivity index (χ2v) is 10.1. The minimum Gasteiger partial charge on any atom is -0.454 e. The molecule has 0 unspecified atom stereocenters. The number of para-hydroxylation sites is 1. The molecule has 204 valence electrons. The number of carbonyl (C=O) groups excluding carboxylic acids is 1. The predicted molar refractivity (Wildman–Crippen MR) is 154 cm³/mol. The summed E-state index contributed by atoms with van der Waals surface area (Å²) in [7, 11) is 0. The van der Waals surface area contributed by atoms with Crippen molar-refractivity contribution in [2.45, 2.75) is 17.5 Å². The zero-order valence-electron chi connectivity index (χ0n) is 21.6. The first-order valence-electron chi connectivity index (χ1n) is 12.7. The van der Waals surface area contributed by atoms with Crippen LogP contribution in [0.25, 0.3) is 11.4 Å². The van der Waals surface area contributed by atoms with Gasteiger partial charge >= 0.3 is 0 Å². The standard InChI is InChI=1S/C30H23N5O5S/c36-29(31-23-14-15-26-27(16-23)40-19-39-26)22-12-10-21(11-13-22)18-41-30-33-32-28(24-8-4-5-9-25(24)35(37)38)34(30)17-20-6-2-1-3-7-20/h1-16H,17-19H2,(H,31,36). The van der Waals surface area contributed by atoms with Gasteiger partial charge in [0.2, 0.25) is 6.79 Å². The number of carbonyl (C=O) groups is 1. The van der Waals surface area contributed by atoms with Crippen LogP contribution in [0.5, 0.6) is 11.5 Å². The number of hydrogen-bond acceptors (Lipinski definition) is 8. The first kappa shape index (κ1) is 26.1. The Kier molecular flexibility index (Phi) is 7.33. The zero-order chi connectivity index (χ0) is 28.2. The van der Waals surface area contributed by atoms with Crippen molar-refractivity contribution in [3.05, 3.63) is 124 Å². The molecule has 0 aliphatic carbocycles. The molecule has 0 saturated carbocycles. The highest BCUT2D eigenvalue weighted by molar-refractivity contribution is 7.98. The van der Waals surface area contributed by atoms with E-state index >= 15 is 0 Å². The number of nitrogens with one attached hydrogen (secondary N) is 1. The maximum absolute atomic E-state index is 12.8. The third-order valence-corrected chi connectivity index (χ3v) is 7.49. The van der Waals surface area contributed by atoms with Gasteiger partial charge in [0.25, 0.3) is 11.6 Å². The van der Waals surface area contributed by atoms with Crippen LogP contribution in [0.1, 0.15) is 21.5 Å². The summed E-state index contributed by atoms with van der Waals surface area (Å²) in [5.74, 6) is 2.01. The van der Waals surface area contributed by atoms with Crippen molar-refractivity contribution < 1.29 is 19.2 Å². The van der Waals surface area contributed by atoms with Gasteiger partial charge in [-0.2, -0.15) is 0 Å². The molecule has 41 heavy (non-hydrogen) atoms. The molecule has 1 aliphatic rings. The molecular formula is C30H23N5O5S. The van der Waals surface area contributed by atoms with Crippen LogP contribution in [0, 0.1) is 10.1 Å². The number of nitro groups is 1. The Labute approximate surface area is 239 Å². The van der Waals surface area contributed by atoms with Gasteiger partial charge in [-0.25, -0.2) is 0 Å². The van der Waals surface area contributed by atoms with Gasteiger partial charge < -0.3 is 14.8 Å². The summed E-state index contributed by atoms with van der Waals surface area (Å²) in [5, 5.41) is 24.0. The Balaban J connectivity index is 1.19. The van der Waals surface area contributed by atoms with Crippen molar-refractivity contribution in [1.82, 2.24) is 14.8 Å². The average molecular weight is 566 g/mol. The zero-order valence-corrected chi connectivity index (χ0v) is 22.4. The van der Waals surface area contributed by atoms with E-state index in [2.05, 4.69) is 15.5 Å². The van der Waals surface area contributed by atoms with Crippen molar-refractivity contribution in [3.63, 3.8) is 0 Å². The van der Waals surface area contributed by atoms with Crippen LogP contribution in [0.4, 0.5) is 11.4 Å². The summed E-state index contributed by atoms with van der Waals surface area (Å²) < 4.78 is 12.6. The maximum atomic E-state index is 12.8. The number of ether oxygens (including phenoxy) is 2. The molecule has 5 aromatic rings. The molecule has 1 aromatic heterocycles. The van der Waals surface area contributed by atoms with E-state index in [9.17, 15) is 14.9 Å². The first-order chi connectivity index (χ1) is 20.0. The van der Waals surface area contributed by atoms with E-state index in [1.807, 2.05) is 47.0 Å². The summed E-state index contributed by atoms with van der Waals surface area (Å²) in [4.78, 5) is 24.1. The monoisotopic (exact) mass is 565 g/mol. The second-order valence-electron chi connectivity index (χ2n) is 9.16. The molecule has 10 nitrogen and oxygen atoms in total. The number of benzene rings is 4. The Hall–Kier alpha value is -5.16. The maximum Gasteiger partial charge on any atom is 0.280 e. The number of rotatable bonds is 9. The summed E-state index contributed by atoms with van der Waals surface area (Å²) in [6, 6.07) is 28.9. The molecule has 0 atom stereocenters. The number of amides is 1. The highest BCUT2D eigenvalue weighted by Crippen LogP contribution is 2.35. The molecule has 2 heterocycles. The molecule has 4 aromatic carbocycles. The van der Waals surface area contributed by atoms with Gasteiger partial charge in [0, 0.05) is 29.1 Å². The minimum atomic E-state index is -0.409. The molecular weight excluding hydrogens is 542 g/mol.